The van der Waals surface area contributed by atoms with E-state index in [0.717, 1.165) is 38.3 Å². The van der Waals surface area contributed by atoms with Gasteiger partial charge in [-0.3, -0.25) is 9.69 Å². The number of amides is 1. The monoisotopic (exact) mass is 426 g/mol. The van der Waals surface area contributed by atoms with Crippen LogP contribution in [0.15, 0.2) is 28.7 Å². The number of hydrogen-bond acceptors (Lipinski definition) is 7. The van der Waals surface area contributed by atoms with Gasteiger partial charge in [-0.2, -0.15) is 5.26 Å². The van der Waals surface area contributed by atoms with Crippen LogP contribution in [0.1, 0.15) is 18.0 Å². The van der Waals surface area contributed by atoms with E-state index >= 15 is 0 Å². The fourth-order valence-corrected chi connectivity index (χ4v) is 4.19. The third kappa shape index (κ3) is 4.97. The van der Waals surface area contributed by atoms with Crippen LogP contribution in [0.4, 0.5) is 16.0 Å². The standard InChI is InChI=1S/C22H27FN6O2/c1-17-25-20(15-24)22(31-17)29-13-11-28(12-14-29)21(30)16-26-7-2-8-27(10-9-26)19-5-3-18(23)4-6-19/h3-6H,2,7-14,16H2,1H3. The number of nitriles is 1. The Bertz CT molecular complexity index is 946. The zero-order chi connectivity index (χ0) is 21.8. The summed E-state index contributed by atoms with van der Waals surface area (Å²) in [5, 5.41) is 9.22. The molecular formula is C22H27FN6O2. The van der Waals surface area contributed by atoms with Crippen molar-refractivity contribution in [1.29, 1.82) is 5.26 Å². The quantitative estimate of drug-likeness (QED) is 0.738. The van der Waals surface area contributed by atoms with Gasteiger partial charge in [0.1, 0.15) is 11.9 Å². The molecule has 1 aromatic carbocycles. The minimum Gasteiger partial charge on any atom is -0.424 e. The van der Waals surface area contributed by atoms with Gasteiger partial charge in [-0.25, -0.2) is 9.37 Å². The molecule has 0 radical (unpaired) electrons. The Morgan fingerprint density at radius 3 is 2.48 bits per heavy atom. The second-order valence-corrected chi connectivity index (χ2v) is 7.96. The maximum absolute atomic E-state index is 13.2. The lowest BCUT2D eigenvalue weighted by molar-refractivity contribution is -0.132. The van der Waals surface area contributed by atoms with E-state index in [4.69, 9.17) is 4.42 Å². The van der Waals surface area contributed by atoms with E-state index in [1.165, 1.54) is 12.1 Å². The van der Waals surface area contributed by atoms with Crippen molar-refractivity contribution in [3.8, 4) is 6.07 Å². The SMILES string of the molecule is Cc1nc(C#N)c(N2CCN(C(=O)CN3CCCN(c4ccc(F)cc4)CC3)CC2)o1. The van der Waals surface area contributed by atoms with Crippen LogP contribution in [0, 0.1) is 24.1 Å². The topological polar surface area (TPSA) is 79.9 Å². The molecular weight excluding hydrogens is 399 g/mol. The molecule has 1 amide bonds. The summed E-state index contributed by atoms with van der Waals surface area (Å²) in [6.45, 7) is 7.93. The third-order valence-electron chi connectivity index (χ3n) is 5.88. The van der Waals surface area contributed by atoms with Crippen LogP contribution >= 0.6 is 0 Å². The second-order valence-electron chi connectivity index (χ2n) is 7.96. The zero-order valence-electron chi connectivity index (χ0n) is 17.8. The number of oxazole rings is 1. The lowest BCUT2D eigenvalue weighted by Crippen LogP contribution is -2.51. The highest BCUT2D eigenvalue weighted by Gasteiger charge is 2.27. The average Bonchev–Trinajstić information content (AvgIpc) is 3.01. The van der Waals surface area contributed by atoms with Gasteiger partial charge in [0.2, 0.25) is 17.5 Å². The fourth-order valence-electron chi connectivity index (χ4n) is 4.19. The number of carbonyl (C=O) groups excluding carboxylic acids is 1. The van der Waals surface area contributed by atoms with Crippen LogP contribution in [-0.4, -0.2) is 79.6 Å². The number of piperazine rings is 1. The fraction of sp³-hybridized carbons (Fsp3) is 0.500. The number of carbonyl (C=O) groups is 1. The number of aromatic nitrogens is 1. The molecule has 0 unspecified atom stereocenters. The van der Waals surface area contributed by atoms with Gasteiger partial charge in [-0.1, -0.05) is 0 Å². The van der Waals surface area contributed by atoms with Crippen LogP contribution in [0.2, 0.25) is 0 Å². The highest BCUT2D eigenvalue weighted by molar-refractivity contribution is 5.78. The molecule has 8 nitrogen and oxygen atoms in total. The summed E-state index contributed by atoms with van der Waals surface area (Å²) < 4.78 is 18.8. The highest BCUT2D eigenvalue weighted by atomic mass is 19.1. The summed E-state index contributed by atoms with van der Waals surface area (Å²) in [6.07, 6.45) is 0.959. The first-order chi connectivity index (χ1) is 15.0. The molecule has 2 aliphatic rings. The summed E-state index contributed by atoms with van der Waals surface area (Å²) in [4.78, 5) is 25.3. The first-order valence-corrected chi connectivity index (χ1v) is 10.7. The van der Waals surface area contributed by atoms with E-state index in [1.54, 1.807) is 6.92 Å². The predicted molar refractivity (Wildman–Crippen MR) is 114 cm³/mol. The summed E-state index contributed by atoms with van der Waals surface area (Å²) in [5.41, 5.74) is 1.32. The van der Waals surface area contributed by atoms with Crippen LogP contribution in [0.25, 0.3) is 0 Å². The van der Waals surface area contributed by atoms with Gasteiger partial charge < -0.3 is 19.1 Å². The maximum Gasteiger partial charge on any atom is 0.236 e. The number of benzene rings is 1. The molecule has 2 aromatic rings. The first kappa shape index (κ1) is 21.1. The highest BCUT2D eigenvalue weighted by Crippen LogP contribution is 2.23. The van der Waals surface area contributed by atoms with E-state index in [9.17, 15) is 14.4 Å². The lowest BCUT2D eigenvalue weighted by Gasteiger charge is -2.35. The molecule has 0 saturated carbocycles. The molecule has 1 aromatic heterocycles. The Kier molecular flexibility index (Phi) is 6.37. The van der Waals surface area contributed by atoms with Gasteiger partial charge in [0.05, 0.1) is 6.54 Å². The molecule has 4 rings (SSSR count). The van der Waals surface area contributed by atoms with Crippen LogP contribution < -0.4 is 9.80 Å². The molecule has 31 heavy (non-hydrogen) atoms. The maximum atomic E-state index is 13.2. The van der Waals surface area contributed by atoms with Gasteiger partial charge in [0.15, 0.2) is 5.89 Å². The molecule has 3 heterocycles. The first-order valence-electron chi connectivity index (χ1n) is 10.7. The molecule has 9 heteroatoms. The normalized spacial score (nSPS) is 18.0. The second kappa shape index (κ2) is 9.35. The zero-order valence-corrected chi connectivity index (χ0v) is 17.8. The Balaban J connectivity index is 1.27. The molecule has 0 atom stereocenters. The molecule has 0 spiro atoms. The van der Waals surface area contributed by atoms with E-state index in [1.807, 2.05) is 21.9 Å². The Morgan fingerprint density at radius 1 is 1.06 bits per heavy atom. The summed E-state index contributed by atoms with van der Waals surface area (Å²) in [6, 6.07) is 8.66. The number of halogens is 1. The number of anilines is 2. The van der Waals surface area contributed by atoms with Crippen molar-refractivity contribution in [3.05, 3.63) is 41.7 Å². The van der Waals surface area contributed by atoms with Crippen molar-refractivity contribution >= 4 is 17.5 Å². The molecule has 2 aliphatic heterocycles. The van der Waals surface area contributed by atoms with Crippen molar-refractivity contribution < 1.29 is 13.6 Å². The molecule has 0 bridgehead atoms. The molecule has 0 N–H and O–H groups in total. The van der Waals surface area contributed by atoms with E-state index in [2.05, 4.69) is 20.9 Å². The largest absolute Gasteiger partial charge is 0.424 e. The van der Waals surface area contributed by atoms with Gasteiger partial charge >= 0.3 is 0 Å². The van der Waals surface area contributed by atoms with Crippen molar-refractivity contribution in [2.24, 2.45) is 0 Å². The number of rotatable bonds is 4. The minimum atomic E-state index is -0.229. The van der Waals surface area contributed by atoms with Crippen molar-refractivity contribution in [2.75, 3.05) is 68.7 Å². The van der Waals surface area contributed by atoms with Gasteiger partial charge in [0.25, 0.3) is 0 Å². The molecule has 2 fully saturated rings. The minimum absolute atomic E-state index is 0.129. The van der Waals surface area contributed by atoms with Crippen molar-refractivity contribution in [1.82, 2.24) is 14.8 Å². The van der Waals surface area contributed by atoms with Crippen LogP contribution in [0.5, 0.6) is 0 Å². The van der Waals surface area contributed by atoms with E-state index < -0.39 is 0 Å². The number of hydrogen-bond donors (Lipinski definition) is 0. The third-order valence-corrected chi connectivity index (χ3v) is 5.88. The number of aryl methyl sites for hydroxylation is 1. The smallest absolute Gasteiger partial charge is 0.236 e. The Morgan fingerprint density at radius 2 is 1.77 bits per heavy atom. The van der Waals surface area contributed by atoms with Crippen molar-refractivity contribution in [2.45, 2.75) is 13.3 Å². The molecule has 2 saturated heterocycles. The van der Waals surface area contributed by atoms with Crippen LogP contribution in [-0.2, 0) is 4.79 Å². The van der Waals surface area contributed by atoms with Crippen molar-refractivity contribution in [3.63, 3.8) is 0 Å². The Hall–Kier alpha value is -3.12. The summed E-state index contributed by atoms with van der Waals surface area (Å²) in [5.74, 6) is 0.874. The van der Waals surface area contributed by atoms with Gasteiger partial charge in [-0.15, -0.1) is 0 Å². The van der Waals surface area contributed by atoms with E-state index in [-0.39, 0.29) is 11.7 Å². The van der Waals surface area contributed by atoms with E-state index in [0.29, 0.717) is 50.2 Å². The molecule has 164 valence electrons. The lowest BCUT2D eigenvalue weighted by atomic mass is 10.2. The number of nitrogens with zero attached hydrogens (tertiary/aromatic N) is 6. The van der Waals surface area contributed by atoms with Gasteiger partial charge in [-0.05, 0) is 30.7 Å². The summed E-state index contributed by atoms with van der Waals surface area (Å²) in [7, 11) is 0. The molecule has 0 aliphatic carbocycles. The predicted octanol–water partition coefficient (Wildman–Crippen LogP) is 1.85. The Labute approximate surface area is 181 Å². The van der Waals surface area contributed by atoms with Crippen LogP contribution in [0.3, 0.4) is 0 Å². The average molecular weight is 426 g/mol. The van der Waals surface area contributed by atoms with Gasteiger partial charge in [0, 0.05) is 65.0 Å². The summed E-state index contributed by atoms with van der Waals surface area (Å²) >= 11 is 0.